The number of nitro benzene ring substituents is 1. The summed E-state index contributed by atoms with van der Waals surface area (Å²) in [7, 11) is -3.92. The number of anilines is 2. The summed E-state index contributed by atoms with van der Waals surface area (Å²) in [6.45, 7) is 1.85. The van der Waals surface area contributed by atoms with Crippen molar-refractivity contribution in [2.24, 2.45) is 0 Å². The Labute approximate surface area is 170 Å². The second-order valence-corrected chi connectivity index (χ2v) is 8.25. The zero-order valence-corrected chi connectivity index (χ0v) is 16.3. The van der Waals surface area contributed by atoms with E-state index in [0.29, 0.717) is 5.39 Å². The highest BCUT2D eigenvalue weighted by molar-refractivity contribution is 7.90. The summed E-state index contributed by atoms with van der Waals surface area (Å²) in [5.74, 6) is -0.615. The van der Waals surface area contributed by atoms with Crippen LogP contribution >= 0.6 is 0 Å². The zero-order chi connectivity index (χ0) is 21.5. The van der Waals surface area contributed by atoms with Crippen LogP contribution in [0.15, 0.2) is 66.0 Å². The Kier molecular flexibility index (Phi) is 4.66. The molecular weight excluding hydrogens is 413 g/mol. The van der Waals surface area contributed by atoms with E-state index in [2.05, 4.69) is 15.3 Å². The maximum absolute atomic E-state index is 14.1. The molecule has 0 unspecified atom stereocenters. The Morgan fingerprint density at radius 2 is 1.83 bits per heavy atom. The van der Waals surface area contributed by atoms with E-state index in [0.717, 1.165) is 34.1 Å². The molecule has 4 rings (SSSR count). The van der Waals surface area contributed by atoms with Crippen LogP contribution < -0.4 is 5.32 Å². The molecule has 0 saturated carbocycles. The lowest BCUT2D eigenvalue weighted by molar-refractivity contribution is -0.384. The number of rotatable bonds is 5. The maximum Gasteiger partial charge on any atom is 0.271 e. The van der Waals surface area contributed by atoms with E-state index in [4.69, 9.17) is 0 Å². The first-order valence-electron chi connectivity index (χ1n) is 8.62. The Balaban J connectivity index is 1.79. The van der Waals surface area contributed by atoms with Gasteiger partial charge in [-0.2, -0.15) is 0 Å². The third-order valence-corrected chi connectivity index (χ3v) is 6.12. The first-order chi connectivity index (χ1) is 14.3. The number of fused-ring (bicyclic) bond motifs is 1. The normalized spacial score (nSPS) is 11.5. The minimum atomic E-state index is -3.92. The molecule has 0 amide bonds. The van der Waals surface area contributed by atoms with Crippen molar-refractivity contribution in [3.8, 4) is 0 Å². The highest BCUT2D eigenvalue weighted by atomic mass is 32.2. The predicted octanol–water partition coefficient (Wildman–Crippen LogP) is 3.77. The molecule has 1 N–H and O–H groups in total. The molecule has 30 heavy (non-hydrogen) atoms. The van der Waals surface area contributed by atoms with Crippen LogP contribution in [0, 0.1) is 22.9 Å². The minimum absolute atomic E-state index is 0.0823. The van der Waals surface area contributed by atoms with Gasteiger partial charge in [0.2, 0.25) is 0 Å². The number of non-ortho nitro benzene ring substituents is 1. The highest BCUT2D eigenvalue weighted by Crippen LogP contribution is 2.29. The van der Waals surface area contributed by atoms with E-state index in [-0.39, 0.29) is 27.7 Å². The van der Waals surface area contributed by atoms with Gasteiger partial charge in [0.1, 0.15) is 18.0 Å². The van der Waals surface area contributed by atoms with Crippen molar-refractivity contribution in [2.45, 2.75) is 11.8 Å². The van der Waals surface area contributed by atoms with Crippen LogP contribution in [0.1, 0.15) is 5.56 Å². The van der Waals surface area contributed by atoms with Crippen LogP contribution in [0.25, 0.3) is 11.0 Å². The van der Waals surface area contributed by atoms with E-state index in [1.807, 2.05) is 6.92 Å². The largest absolute Gasteiger partial charge is 0.337 e. The van der Waals surface area contributed by atoms with Crippen molar-refractivity contribution in [3.05, 3.63) is 82.6 Å². The first-order valence-corrected chi connectivity index (χ1v) is 10.1. The standard InChI is InChI=1S/C19H14FN5O4S/c1-12-2-5-14(6-3-12)30(28,29)24-9-8-15-18(21-11-22-19(15)24)23-17-10-13(25(26)27)4-7-16(17)20/h2-11H,1H3,(H,21,22,23). The lowest BCUT2D eigenvalue weighted by atomic mass is 10.2. The fraction of sp³-hybridized carbons (Fsp3) is 0.0526. The Morgan fingerprint density at radius 3 is 2.53 bits per heavy atom. The molecule has 0 saturated heterocycles. The van der Waals surface area contributed by atoms with Gasteiger partial charge in [0.15, 0.2) is 5.65 Å². The third-order valence-electron chi connectivity index (χ3n) is 4.44. The number of nitro groups is 1. The van der Waals surface area contributed by atoms with Crippen LogP contribution in [-0.2, 0) is 10.0 Å². The number of aryl methyl sites for hydroxylation is 1. The van der Waals surface area contributed by atoms with Crippen molar-refractivity contribution in [2.75, 3.05) is 5.32 Å². The molecule has 9 nitrogen and oxygen atoms in total. The fourth-order valence-corrected chi connectivity index (χ4v) is 4.20. The first kappa shape index (κ1) is 19.5. The second kappa shape index (κ2) is 7.19. The van der Waals surface area contributed by atoms with Gasteiger partial charge in [0.05, 0.1) is 20.9 Å². The number of aromatic nitrogens is 3. The molecule has 11 heteroatoms. The average Bonchev–Trinajstić information content (AvgIpc) is 3.16. The van der Waals surface area contributed by atoms with Crippen molar-refractivity contribution in [1.82, 2.24) is 13.9 Å². The molecule has 0 aliphatic rings. The summed E-state index contributed by atoms with van der Waals surface area (Å²) in [6.07, 6.45) is 2.45. The van der Waals surface area contributed by atoms with Gasteiger partial charge in [-0.15, -0.1) is 0 Å². The monoisotopic (exact) mass is 427 g/mol. The third kappa shape index (κ3) is 3.35. The van der Waals surface area contributed by atoms with E-state index in [1.54, 1.807) is 12.1 Å². The van der Waals surface area contributed by atoms with Gasteiger partial charge >= 0.3 is 0 Å². The Hall–Kier alpha value is -3.86. The number of hydrogen-bond acceptors (Lipinski definition) is 7. The zero-order valence-electron chi connectivity index (χ0n) is 15.5. The molecule has 0 spiro atoms. The van der Waals surface area contributed by atoms with Crippen molar-refractivity contribution < 1.29 is 17.7 Å². The molecule has 0 bridgehead atoms. The molecule has 0 fully saturated rings. The van der Waals surface area contributed by atoms with Crippen LogP contribution in [0.5, 0.6) is 0 Å². The van der Waals surface area contributed by atoms with Gasteiger partial charge < -0.3 is 5.32 Å². The maximum atomic E-state index is 14.1. The second-order valence-electron chi connectivity index (χ2n) is 6.44. The van der Waals surface area contributed by atoms with Crippen molar-refractivity contribution in [1.29, 1.82) is 0 Å². The van der Waals surface area contributed by atoms with Crippen LogP contribution in [-0.4, -0.2) is 27.3 Å². The summed E-state index contributed by atoms with van der Waals surface area (Å²) < 4.78 is 41.2. The topological polar surface area (TPSA) is 120 Å². The van der Waals surface area contributed by atoms with Crippen molar-refractivity contribution >= 4 is 38.2 Å². The molecular formula is C19H14FN5O4S. The minimum Gasteiger partial charge on any atom is -0.337 e. The van der Waals surface area contributed by atoms with E-state index < -0.39 is 20.8 Å². The summed E-state index contributed by atoms with van der Waals surface area (Å²) >= 11 is 0. The number of nitrogens with one attached hydrogen (secondary N) is 1. The lowest BCUT2D eigenvalue weighted by Gasteiger charge is -2.09. The van der Waals surface area contributed by atoms with Gasteiger partial charge in [-0.25, -0.2) is 26.7 Å². The van der Waals surface area contributed by atoms with Crippen LogP contribution in [0.2, 0.25) is 0 Å². The van der Waals surface area contributed by atoms with Gasteiger partial charge in [-0.1, -0.05) is 17.7 Å². The number of halogens is 1. The molecule has 0 aliphatic heterocycles. The molecule has 0 aliphatic carbocycles. The molecule has 0 atom stereocenters. The number of hydrogen-bond donors (Lipinski definition) is 1. The molecule has 4 aromatic rings. The molecule has 152 valence electrons. The van der Waals surface area contributed by atoms with E-state index in [1.165, 1.54) is 24.4 Å². The molecule has 2 aromatic carbocycles. The summed E-state index contributed by atoms with van der Waals surface area (Å²) in [6, 6.07) is 10.9. The van der Waals surface area contributed by atoms with E-state index in [9.17, 15) is 22.9 Å². The van der Waals surface area contributed by atoms with Gasteiger partial charge in [0.25, 0.3) is 15.7 Å². The number of benzene rings is 2. The SMILES string of the molecule is Cc1ccc(S(=O)(=O)n2ccc3c(Nc4cc([N+](=O)[O-])ccc4F)ncnc32)cc1. The molecule has 2 heterocycles. The summed E-state index contributed by atoms with van der Waals surface area (Å²) in [5, 5.41) is 13.9. The average molecular weight is 427 g/mol. The van der Waals surface area contributed by atoms with Crippen LogP contribution in [0.4, 0.5) is 21.6 Å². The Morgan fingerprint density at radius 1 is 1.10 bits per heavy atom. The van der Waals surface area contributed by atoms with Crippen molar-refractivity contribution in [3.63, 3.8) is 0 Å². The molecule has 0 radical (unpaired) electrons. The Bertz CT molecular complexity index is 1380. The quantitative estimate of drug-likeness (QED) is 0.380. The fourth-order valence-electron chi connectivity index (χ4n) is 2.90. The van der Waals surface area contributed by atoms with E-state index >= 15 is 0 Å². The molecule has 2 aromatic heterocycles. The smallest absolute Gasteiger partial charge is 0.271 e. The lowest BCUT2D eigenvalue weighted by Crippen LogP contribution is -2.12. The summed E-state index contributed by atoms with van der Waals surface area (Å²) in [5.41, 5.74) is 0.528. The summed E-state index contributed by atoms with van der Waals surface area (Å²) in [4.78, 5) is 18.5. The van der Waals surface area contributed by atoms with Gasteiger partial charge in [0, 0.05) is 18.3 Å². The predicted molar refractivity (Wildman–Crippen MR) is 108 cm³/mol. The number of nitrogens with zero attached hydrogens (tertiary/aromatic N) is 4. The highest BCUT2D eigenvalue weighted by Gasteiger charge is 2.21. The van der Waals surface area contributed by atoms with Gasteiger partial charge in [-0.05, 0) is 31.2 Å². The van der Waals surface area contributed by atoms with Gasteiger partial charge in [-0.3, -0.25) is 10.1 Å². The van der Waals surface area contributed by atoms with Crippen LogP contribution in [0.3, 0.4) is 0 Å².